The first-order valence-electron chi connectivity index (χ1n) is 13.3. The lowest BCUT2D eigenvalue weighted by Gasteiger charge is -2.22. The Labute approximate surface area is 227 Å². The summed E-state index contributed by atoms with van der Waals surface area (Å²) >= 11 is 0. The van der Waals surface area contributed by atoms with Gasteiger partial charge in [-0.15, -0.1) is 0 Å². The molecule has 10 heteroatoms. The standard InChI is InChI=1S/C29H33FN8O/c1-17-12-19(13-22-25(17)34-24-8-10-29(2,3)38(22)24)26-21(30)15-32-28(35-26)33-23-7-6-18(14-31-23)27(39)37-11-9-20(16-37)36(4)5/h6-7,12-15,20H,8-11,16H2,1-5H3,(H,31,32,33,35)/t20-/m0/s1. The molecule has 0 aliphatic carbocycles. The predicted molar refractivity (Wildman–Crippen MR) is 149 cm³/mol. The van der Waals surface area contributed by atoms with Crippen LogP contribution in [-0.2, 0) is 12.0 Å². The molecule has 9 nitrogen and oxygen atoms in total. The number of imidazole rings is 1. The number of halogens is 1. The third kappa shape index (κ3) is 4.52. The number of aryl methyl sites for hydroxylation is 2. The minimum atomic E-state index is -0.504. The Bertz CT molecular complexity index is 1580. The highest BCUT2D eigenvalue weighted by Gasteiger charge is 2.33. The summed E-state index contributed by atoms with van der Waals surface area (Å²) in [5.41, 5.74) is 4.27. The summed E-state index contributed by atoms with van der Waals surface area (Å²) in [4.78, 5) is 34.8. The smallest absolute Gasteiger partial charge is 0.255 e. The zero-order chi connectivity index (χ0) is 27.5. The van der Waals surface area contributed by atoms with Gasteiger partial charge >= 0.3 is 0 Å². The molecule has 4 aromatic rings. The number of amides is 1. The molecule has 0 unspecified atom stereocenters. The Morgan fingerprint density at radius 2 is 1.97 bits per heavy atom. The number of aromatic nitrogens is 5. The van der Waals surface area contributed by atoms with Crippen molar-refractivity contribution in [1.29, 1.82) is 0 Å². The summed E-state index contributed by atoms with van der Waals surface area (Å²) in [6.45, 7) is 7.85. The maximum absolute atomic E-state index is 15.0. The fourth-order valence-electron chi connectivity index (χ4n) is 5.77. The Morgan fingerprint density at radius 1 is 1.15 bits per heavy atom. The third-order valence-corrected chi connectivity index (χ3v) is 8.03. The molecule has 1 saturated heterocycles. The van der Waals surface area contributed by atoms with E-state index in [9.17, 15) is 4.79 Å². The summed E-state index contributed by atoms with van der Waals surface area (Å²) in [5, 5.41) is 3.05. The van der Waals surface area contributed by atoms with Gasteiger partial charge in [0.1, 0.15) is 17.3 Å². The summed E-state index contributed by atoms with van der Waals surface area (Å²) in [6.07, 6.45) is 5.64. The maximum atomic E-state index is 15.0. The molecule has 5 heterocycles. The van der Waals surface area contributed by atoms with E-state index in [1.165, 1.54) is 6.20 Å². The van der Waals surface area contributed by atoms with Crippen LogP contribution in [-0.4, -0.2) is 73.4 Å². The van der Waals surface area contributed by atoms with Gasteiger partial charge in [-0.3, -0.25) is 4.79 Å². The number of nitrogens with zero attached hydrogens (tertiary/aromatic N) is 7. The highest BCUT2D eigenvalue weighted by atomic mass is 19.1. The third-order valence-electron chi connectivity index (χ3n) is 8.03. The maximum Gasteiger partial charge on any atom is 0.255 e. The van der Waals surface area contributed by atoms with Crippen molar-refractivity contribution < 1.29 is 9.18 Å². The van der Waals surface area contributed by atoms with Gasteiger partial charge in [-0.2, -0.15) is 0 Å². The molecule has 2 aliphatic heterocycles. The molecule has 1 fully saturated rings. The summed E-state index contributed by atoms with van der Waals surface area (Å²) in [6, 6.07) is 7.72. The van der Waals surface area contributed by atoms with E-state index in [1.54, 1.807) is 18.3 Å². The highest BCUT2D eigenvalue weighted by molar-refractivity contribution is 5.94. The molecule has 3 aromatic heterocycles. The van der Waals surface area contributed by atoms with E-state index in [-0.39, 0.29) is 23.1 Å². The number of hydrogen-bond donors (Lipinski definition) is 1. The van der Waals surface area contributed by atoms with Crippen molar-refractivity contribution in [2.45, 2.75) is 51.6 Å². The van der Waals surface area contributed by atoms with Gasteiger partial charge in [-0.05, 0) is 77.5 Å². The van der Waals surface area contributed by atoms with E-state index in [4.69, 9.17) is 4.98 Å². The number of likely N-dealkylation sites (tertiary alicyclic amines) is 1. The summed E-state index contributed by atoms with van der Waals surface area (Å²) < 4.78 is 17.3. The van der Waals surface area contributed by atoms with E-state index in [0.717, 1.165) is 48.2 Å². The topological polar surface area (TPSA) is 92.1 Å². The Morgan fingerprint density at radius 3 is 2.69 bits per heavy atom. The fraction of sp³-hybridized carbons (Fsp3) is 0.414. The molecule has 0 radical (unpaired) electrons. The lowest BCUT2D eigenvalue weighted by atomic mass is 10.0. The first-order chi connectivity index (χ1) is 18.6. The van der Waals surface area contributed by atoms with Crippen LogP contribution in [0.15, 0.2) is 36.7 Å². The predicted octanol–water partition coefficient (Wildman–Crippen LogP) is 4.54. The average Bonchev–Trinajstić information content (AvgIpc) is 3.61. The molecular formula is C29H33FN8O. The molecular weight excluding hydrogens is 495 g/mol. The van der Waals surface area contributed by atoms with Crippen LogP contribution in [0.2, 0.25) is 0 Å². The van der Waals surface area contributed by atoms with Gasteiger partial charge in [0, 0.05) is 42.9 Å². The lowest BCUT2D eigenvalue weighted by molar-refractivity contribution is 0.0782. The van der Waals surface area contributed by atoms with Gasteiger partial charge < -0.3 is 19.7 Å². The molecule has 1 aromatic carbocycles. The van der Waals surface area contributed by atoms with E-state index >= 15 is 4.39 Å². The molecule has 0 spiro atoms. The van der Waals surface area contributed by atoms with Crippen molar-refractivity contribution in [3.63, 3.8) is 0 Å². The molecule has 2 aliphatic rings. The minimum absolute atomic E-state index is 0.0287. The number of hydrogen-bond acceptors (Lipinski definition) is 7. The van der Waals surface area contributed by atoms with E-state index < -0.39 is 5.82 Å². The van der Waals surface area contributed by atoms with Crippen molar-refractivity contribution in [3.8, 4) is 11.3 Å². The molecule has 1 N–H and O–H groups in total. The largest absolute Gasteiger partial charge is 0.337 e. The van der Waals surface area contributed by atoms with Gasteiger partial charge in [-0.25, -0.2) is 24.3 Å². The summed E-state index contributed by atoms with van der Waals surface area (Å²) in [5.74, 6) is 1.23. The Balaban J connectivity index is 1.25. The quantitative estimate of drug-likeness (QED) is 0.407. The Hall–Kier alpha value is -3.92. The molecule has 1 amide bonds. The van der Waals surface area contributed by atoms with E-state index in [0.29, 0.717) is 29.5 Å². The minimum Gasteiger partial charge on any atom is -0.337 e. The second kappa shape index (κ2) is 9.37. The molecule has 6 rings (SSSR count). The second-order valence-corrected chi connectivity index (χ2v) is 11.4. The van der Waals surface area contributed by atoms with Crippen molar-refractivity contribution >= 4 is 28.7 Å². The first kappa shape index (κ1) is 25.4. The van der Waals surface area contributed by atoms with Gasteiger partial charge in [0.15, 0.2) is 5.82 Å². The normalized spacial score (nSPS) is 18.2. The van der Waals surface area contributed by atoms with Crippen LogP contribution in [0.5, 0.6) is 0 Å². The molecule has 0 bridgehead atoms. The van der Waals surface area contributed by atoms with Crippen LogP contribution >= 0.6 is 0 Å². The zero-order valence-corrected chi connectivity index (χ0v) is 23.0. The highest BCUT2D eigenvalue weighted by Crippen LogP contribution is 2.38. The van der Waals surface area contributed by atoms with Crippen LogP contribution in [0.1, 0.15) is 48.4 Å². The number of carbonyl (C=O) groups excluding carboxylic acids is 1. The number of pyridine rings is 1. The second-order valence-electron chi connectivity index (χ2n) is 11.4. The molecule has 39 heavy (non-hydrogen) atoms. The molecule has 0 saturated carbocycles. The number of benzene rings is 1. The number of nitrogens with one attached hydrogen (secondary N) is 1. The lowest BCUT2D eigenvalue weighted by Crippen LogP contribution is -2.34. The number of rotatable bonds is 5. The van der Waals surface area contributed by atoms with Gasteiger partial charge in [0.25, 0.3) is 5.91 Å². The van der Waals surface area contributed by atoms with Gasteiger partial charge in [0.05, 0.1) is 22.8 Å². The van der Waals surface area contributed by atoms with E-state index in [1.807, 2.05) is 38.1 Å². The van der Waals surface area contributed by atoms with Crippen molar-refractivity contribution in [3.05, 3.63) is 59.4 Å². The van der Waals surface area contributed by atoms with Crippen LogP contribution in [0, 0.1) is 12.7 Å². The van der Waals surface area contributed by atoms with Crippen molar-refractivity contribution in [2.24, 2.45) is 0 Å². The van der Waals surface area contributed by atoms with E-state index in [2.05, 4.69) is 43.6 Å². The fourth-order valence-corrected chi connectivity index (χ4v) is 5.77. The average molecular weight is 529 g/mol. The van der Waals surface area contributed by atoms with Crippen LogP contribution < -0.4 is 5.32 Å². The number of likely N-dealkylation sites (N-methyl/N-ethyl adjacent to an activating group) is 1. The number of fused-ring (bicyclic) bond motifs is 3. The number of anilines is 2. The monoisotopic (exact) mass is 528 g/mol. The number of carbonyl (C=O) groups is 1. The van der Waals surface area contributed by atoms with Crippen LogP contribution in [0.25, 0.3) is 22.3 Å². The van der Waals surface area contributed by atoms with Gasteiger partial charge in [0.2, 0.25) is 5.95 Å². The van der Waals surface area contributed by atoms with Crippen molar-refractivity contribution in [2.75, 3.05) is 32.5 Å². The molecule has 202 valence electrons. The van der Waals surface area contributed by atoms with Crippen molar-refractivity contribution in [1.82, 2.24) is 34.3 Å². The van der Waals surface area contributed by atoms with Crippen LogP contribution in [0.4, 0.5) is 16.2 Å². The molecule has 1 atom stereocenters. The SMILES string of the molecule is Cc1cc(-c2nc(Nc3ccc(C(=O)N4CC[C@H](N(C)C)C4)cn3)ncc2F)cc2c1nc1n2C(C)(C)CC1. The zero-order valence-electron chi connectivity index (χ0n) is 23.0. The van der Waals surface area contributed by atoms with Gasteiger partial charge in [-0.1, -0.05) is 0 Å². The van der Waals surface area contributed by atoms with Crippen LogP contribution in [0.3, 0.4) is 0 Å². The summed E-state index contributed by atoms with van der Waals surface area (Å²) in [7, 11) is 4.07. The Kier molecular flexibility index (Phi) is 6.10. The first-order valence-corrected chi connectivity index (χ1v) is 13.3.